The van der Waals surface area contributed by atoms with Gasteiger partial charge in [0.1, 0.15) is 0 Å². The molecule has 0 N–H and O–H groups in total. The lowest BCUT2D eigenvalue weighted by Crippen LogP contribution is -2.35. The van der Waals surface area contributed by atoms with E-state index in [1.165, 1.54) is 4.88 Å². The molecule has 0 radical (unpaired) electrons. The summed E-state index contributed by atoms with van der Waals surface area (Å²) >= 11 is 1.82. The number of thiophene rings is 1. The minimum absolute atomic E-state index is 1.07. The zero-order valence-corrected chi connectivity index (χ0v) is 10.9. The van der Waals surface area contributed by atoms with Crippen LogP contribution in [0.2, 0.25) is 12.6 Å². The molecule has 1 heterocycles. The van der Waals surface area contributed by atoms with Gasteiger partial charge < -0.3 is 8.85 Å². The summed E-state index contributed by atoms with van der Waals surface area (Å²) in [7, 11) is 1.68. The molecular formula is C10H18O2SSi. The fourth-order valence-electron chi connectivity index (χ4n) is 1.33. The summed E-state index contributed by atoms with van der Waals surface area (Å²) in [6, 6.07) is 5.35. The van der Waals surface area contributed by atoms with Crippen LogP contribution in [0.5, 0.6) is 0 Å². The first-order chi connectivity index (χ1) is 6.70. The largest absolute Gasteiger partial charge is 0.398 e. The molecule has 0 saturated heterocycles. The fraction of sp³-hybridized carbons (Fsp3) is 0.600. The molecule has 1 rings (SSSR count). The Bertz CT molecular complexity index is 245. The van der Waals surface area contributed by atoms with Crippen LogP contribution in [-0.4, -0.2) is 22.8 Å². The van der Waals surface area contributed by atoms with Crippen molar-refractivity contribution in [1.82, 2.24) is 0 Å². The lowest BCUT2D eigenvalue weighted by atomic mass is 10.3. The molecule has 0 spiro atoms. The second kappa shape index (κ2) is 5.65. The van der Waals surface area contributed by atoms with Crippen LogP contribution in [-0.2, 0) is 15.3 Å². The molecule has 1 aromatic rings. The maximum absolute atomic E-state index is 5.43. The zero-order valence-electron chi connectivity index (χ0n) is 9.08. The maximum atomic E-state index is 5.43. The molecular weight excluding hydrogens is 212 g/mol. The van der Waals surface area contributed by atoms with Crippen molar-refractivity contribution in [2.75, 3.05) is 14.2 Å². The van der Waals surface area contributed by atoms with Crippen molar-refractivity contribution in [1.29, 1.82) is 0 Å². The highest BCUT2D eigenvalue weighted by atomic mass is 32.1. The number of rotatable bonds is 6. The van der Waals surface area contributed by atoms with Crippen molar-refractivity contribution in [2.45, 2.75) is 25.4 Å². The van der Waals surface area contributed by atoms with Crippen LogP contribution in [0.1, 0.15) is 11.3 Å². The SMILES string of the molecule is CO[Si](C)(CCCc1cccs1)OC. The van der Waals surface area contributed by atoms with Gasteiger partial charge in [0.25, 0.3) is 0 Å². The average Bonchev–Trinajstić information content (AvgIpc) is 2.70. The molecule has 80 valence electrons. The summed E-state index contributed by atoms with van der Waals surface area (Å²) in [5.74, 6) is 0. The highest BCUT2D eigenvalue weighted by Gasteiger charge is 2.27. The topological polar surface area (TPSA) is 18.5 Å². The third-order valence-electron chi connectivity index (χ3n) is 2.50. The molecule has 0 saturated carbocycles. The Balaban J connectivity index is 2.27. The van der Waals surface area contributed by atoms with E-state index in [0.29, 0.717) is 0 Å². The molecule has 0 unspecified atom stereocenters. The van der Waals surface area contributed by atoms with Crippen LogP contribution in [0.4, 0.5) is 0 Å². The van der Waals surface area contributed by atoms with Gasteiger partial charge >= 0.3 is 8.56 Å². The van der Waals surface area contributed by atoms with Crippen molar-refractivity contribution >= 4 is 19.9 Å². The van der Waals surface area contributed by atoms with Crippen molar-refractivity contribution < 1.29 is 8.85 Å². The molecule has 0 atom stereocenters. The molecule has 4 heteroatoms. The molecule has 0 amide bonds. The van der Waals surface area contributed by atoms with Gasteiger partial charge in [-0.15, -0.1) is 11.3 Å². The van der Waals surface area contributed by atoms with E-state index in [0.717, 1.165) is 18.9 Å². The van der Waals surface area contributed by atoms with E-state index >= 15 is 0 Å². The van der Waals surface area contributed by atoms with E-state index in [9.17, 15) is 0 Å². The predicted octanol–water partition coefficient (Wildman–Crippen LogP) is 3.05. The van der Waals surface area contributed by atoms with Crippen LogP contribution in [0.25, 0.3) is 0 Å². The molecule has 14 heavy (non-hydrogen) atoms. The van der Waals surface area contributed by atoms with Gasteiger partial charge in [-0.25, -0.2) is 0 Å². The Morgan fingerprint density at radius 2 is 2.07 bits per heavy atom. The van der Waals surface area contributed by atoms with Gasteiger partial charge in [-0.1, -0.05) is 6.07 Å². The van der Waals surface area contributed by atoms with Crippen LogP contribution < -0.4 is 0 Å². The smallest absolute Gasteiger partial charge is 0.334 e. The lowest BCUT2D eigenvalue weighted by molar-refractivity contribution is 0.248. The van der Waals surface area contributed by atoms with Crippen LogP contribution in [0.15, 0.2) is 17.5 Å². The highest BCUT2D eigenvalue weighted by Crippen LogP contribution is 2.18. The second-order valence-corrected chi connectivity index (χ2v) is 8.09. The lowest BCUT2D eigenvalue weighted by Gasteiger charge is -2.22. The van der Waals surface area contributed by atoms with E-state index in [-0.39, 0.29) is 0 Å². The van der Waals surface area contributed by atoms with Gasteiger partial charge in [-0.05, 0) is 36.9 Å². The number of aryl methyl sites for hydroxylation is 1. The number of hydrogen-bond acceptors (Lipinski definition) is 3. The van der Waals surface area contributed by atoms with Crippen LogP contribution >= 0.6 is 11.3 Å². The van der Waals surface area contributed by atoms with Crippen LogP contribution in [0, 0.1) is 0 Å². The Morgan fingerprint density at radius 3 is 2.57 bits per heavy atom. The maximum Gasteiger partial charge on any atom is 0.334 e. The van der Waals surface area contributed by atoms with Crippen molar-refractivity contribution in [3.05, 3.63) is 22.4 Å². The molecule has 0 aromatic carbocycles. The third kappa shape index (κ3) is 3.53. The highest BCUT2D eigenvalue weighted by molar-refractivity contribution is 7.09. The summed E-state index contributed by atoms with van der Waals surface area (Å²) in [5, 5.41) is 2.12. The van der Waals surface area contributed by atoms with Gasteiger partial charge in [0.15, 0.2) is 0 Å². The first-order valence-corrected chi connectivity index (χ1v) is 8.23. The standard InChI is InChI=1S/C10H18O2SSi/c1-11-14(3,12-2)9-5-7-10-6-4-8-13-10/h4,6,8H,5,7,9H2,1-3H3. The summed E-state index contributed by atoms with van der Waals surface area (Å²) in [5.41, 5.74) is 0. The fourth-order valence-corrected chi connectivity index (χ4v) is 3.47. The molecule has 2 nitrogen and oxygen atoms in total. The Labute approximate surface area is 91.1 Å². The van der Waals surface area contributed by atoms with Gasteiger partial charge in [-0.3, -0.25) is 0 Å². The summed E-state index contributed by atoms with van der Waals surface area (Å²) < 4.78 is 10.9. The molecule has 0 aliphatic rings. The second-order valence-electron chi connectivity index (χ2n) is 3.47. The summed E-state index contributed by atoms with van der Waals surface area (Å²) in [6.45, 7) is 2.11. The van der Waals surface area contributed by atoms with Crippen LogP contribution in [0.3, 0.4) is 0 Å². The van der Waals surface area contributed by atoms with E-state index in [4.69, 9.17) is 8.85 Å². The molecule has 0 aliphatic heterocycles. The van der Waals surface area contributed by atoms with E-state index in [1.54, 1.807) is 14.2 Å². The first kappa shape index (κ1) is 11.9. The van der Waals surface area contributed by atoms with E-state index in [2.05, 4.69) is 24.1 Å². The van der Waals surface area contributed by atoms with Gasteiger partial charge in [0, 0.05) is 19.1 Å². The monoisotopic (exact) mass is 230 g/mol. The van der Waals surface area contributed by atoms with Gasteiger partial charge in [-0.2, -0.15) is 0 Å². The summed E-state index contributed by atoms with van der Waals surface area (Å²) in [6.07, 6.45) is 2.30. The minimum Gasteiger partial charge on any atom is -0.398 e. The molecule has 0 fully saturated rings. The van der Waals surface area contributed by atoms with Crippen molar-refractivity contribution in [3.8, 4) is 0 Å². The average molecular weight is 230 g/mol. The first-order valence-electron chi connectivity index (χ1n) is 4.83. The predicted molar refractivity (Wildman–Crippen MR) is 63.1 cm³/mol. The molecule has 0 aliphatic carbocycles. The Hall–Kier alpha value is -0.163. The quantitative estimate of drug-likeness (QED) is 0.699. The van der Waals surface area contributed by atoms with Gasteiger partial charge in [0.2, 0.25) is 0 Å². The molecule has 1 aromatic heterocycles. The van der Waals surface area contributed by atoms with Crippen molar-refractivity contribution in [2.24, 2.45) is 0 Å². The molecule has 0 bridgehead atoms. The third-order valence-corrected chi connectivity index (χ3v) is 6.42. The van der Waals surface area contributed by atoms with Gasteiger partial charge in [0.05, 0.1) is 0 Å². The summed E-state index contributed by atoms with van der Waals surface area (Å²) in [4.78, 5) is 1.45. The normalized spacial score (nSPS) is 11.9. The number of hydrogen-bond donors (Lipinski definition) is 0. The van der Waals surface area contributed by atoms with Crippen molar-refractivity contribution in [3.63, 3.8) is 0 Å². The van der Waals surface area contributed by atoms with E-state index in [1.807, 2.05) is 11.3 Å². The Morgan fingerprint density at radius 1 is 1.36 bits per heavy atom. The Kier molecular flexibility index (Phi) is 4.81. The minimum atomic E-state index is -1.83. The zero-order chi connectivity index (χ0) is 10.4. The van der Waals surface area contributed by atoms with E-state index < -0.39 is 8.56 Å².